The van der Waals surface area contributed by atoms with E-state index in [0.717, 1.165) is 43.5 Å². The Morgan fingerprint density at radius 2 is 1.70 bits per heavy atom. The molecule has 1 N–H and O–H groups in total. The van der Waals surface area contributed by atoms with Gasteiger partial charge in [-0.2, -0.15) is 0 Å². The molecule has 1 heterocycles. The molecule has 3 aromatic carbocycles. The predicted octanol–water partition coefficient (Wildman–Crippen LogP) is 8.74. The third-order valence-electron chi connectivity index (χ3n) is 6.26. The van der Waals surface area contributed by atoms with Crippen LogP contribution in [0.25, 0.3) is 26.6 Å². The van der Waals surface area contributed by atoms with E-state index in [1.54, 1.807) is 17.4 Å². The van der Waals surface area contributed by atoms with Gasteiger partial charge in [-0.3, -0.25) is 4.79 Å². The second kappa shape index (κ2) is 10.7. The molecule has 1 aromatic heterocycles. The highest BCUT2D eigenvalue weighted by Crippen LogP contribution is 2.48. The Kier molecular flexibility index (Phi) is 7.65. The van der Waals surface area contributed by atoms with Gasteiger partial charge in [-0.1, -0.05) is 77.1 Å². The van der Waals surface area contributed by atoms with Crippen molar-refractivity contribution in [2.75, 3.05) is 0 Å². The minimum absolute atomic E-state index is 0.210. The smallest absolute Gasteiger partial charge is 0.328 e. The van der Waals surface area contributed by atoms with E-state index in [1.165, 1.54) is 5.56 Å². The fourth-order valence-corrected chi connectivity index (χ4v) is 5.34. The van der Waals surface area contributed by atoms with Gasteiger partial charge in [0.05, 0.1) is 4.88 Å². The lowest BCUT2D eigenvalue weighted by Gasteiger charge is -2.16. The van der Waals surface area contributed by atoms with Crippen LogP contribution in [-0.2, 0) is 16.0 Å². The van der Waals surface area contributed by atoms with Gasteiger partial charge in [0.2, 0.25) is 0 Å². The lowest BCUT2D eigenvalue weighted by atomic mass is 9.87. The van der Waals surface area contributed by atoms with Crippen molar-refractivity contribution in [3.63, 3.8) is 0 Å². The van der Waals surface area contributed by atoms with Crippen molar-refractivity contribution in [3.8, 4) is 21.9 Å². The number of benzene rings is 3. The summed E-state index contributed by atoms with van der Waals surface area (Å²) in [5.41, 5.74) is 3.78. The van der Waals surface area contributed by atoms with Gasteiger partial charge in [-0.25, -0.2) is 4.79 Å². The summed E-state index contributed by atoms with van der Waals surface area (Å²) >= 11 is 1.68. The van der Waals surface area contributed by atoms with E-state index in [0.29, 0.717) is 18.1 Å². The maximum Gasteiger partial charge on any atom is 0.328 e. The van der Waals surface area contributed by atoms with Crippen LogP contribution in [0.15, 0.2) is 72.8 Å². The maximum absolute atomic E-state index is 12.7. The monoisotopic (exact) mass is 512 g/mol. The zero-order valence-corrected chi connectivity index (χ0v) is 22.7. The molecule has 0 spiro atoms. The second-order valence-corrected chi connectivity index (χ2v) is 11.6. The fraction of sp³-hybridized carbons (Fsp3) is 0.250. The summed E-state index contributed by atoms with van der Waals surface area (Å²) in [6.45, 7) is 10.2. The van der Waals surface area contributed by atoms with Crippen LogP contribution < -0.4 is 4.74 Å². The molecular weight excluding hydrogens is 480 g/mol. The highest BCUT2D eigenvalue weighted by Gasteiger charge is 2.23. The molecule has 0 aliphatic heterocycles. The first-order valence-electron chi connectivity index (χ1n) is 12.4. The van der Waals surface area contributed by atoms with Crippen molar-refractivity contribution in [2.45, 2.75) is 47.0 Å². The maximum atomic E-state index is 12.7. The normalized spacial score (nSPS) is 11.9. The highest BCUT2D eigenvalue weighted by molar-refractivity contribution is 7.22. The van der Waals surface area contributed by atoms with Crippen molar-refractivity contribution < 1.29 is 19.4 Å². The van der Waals surface area contributed by atoms with Gasteiger partial charge in [0.1, 0.15) is 11.5 Å². The third-order valence-corrected chi connectivity index (χ3v) is 7.42. The molecule has 4 rings (SSSR count). The summed E-state index contributed by atoms with van der Waals surface area (Å²) in [6, 6.07) is 21.9. The first-order valence-corrected chi connectivity index (χ1v) is 13.2. The van der Waals surface area contributed by atoms with Crippen LogP contribution in [0.2, 0.25) is 0 Å². The molecule has 0 fully saturated rings. The summed E-state index contributed by atoms with van der Waals surface area (Å²) in [5.74, 6) is 1.02. The zero-order chi connectivity index (χ0) is 26.7. The Labute approximate surface area is 222 Å². The topological polar surface area (TPSA) is 63.6 Å². The average molecular weight is 513 g/mol. The van der Waals surface area contributed by atoms with Crippen LogP contribution >= 0.6 is 11.3 Å². The predicted molar refractivity (Wildman–Crippen MR) is 153 cm³/mol. The van der Waals surface area contributed by atoms with Crippen LogP contribution in [0, 0.1) is 5.41 Å². The van der Waals surface area contributed by atoms with Crippen LogP contribution in [0.5, 0.6) is 11.5 Å². The largest absolute Gasteiger partial charge is 0.478 e. The zero-order valence-electron chi connectivity index (χ0n) is 21.9. The van der Waals surface area contributed by atoms with Gasteiger partial charge in [0, 0.05) is 28.0 Å². The number of ketones is 1. The molecule has 0 aliphatic rings. The van der Waals surface area contributed by atoms with Crippen molar-refractivity contribution in [1.82, 2.24) is 0 Å². The van der Waals surface area contributed by atoms with Crippen LogP contribution in [0.1, 0.15) is 57.2 Å². The summed E-state index contributed by atoms with van der Waals surface area (Å²) in [6.07, 6.45) is 3.07. The molecule has 0 saturated heterocycles. The summed E-state index contributed by atoms with van der Waals surface area (Å²) in [5, 5.41) is 9.88. The number of carbonyl (C=O) groups is 2. The number of hydrogen-bond donors (Lipinski definition) is 1. The Hall–Kier alpha value is -3.70. The summed E-state index contributed by atoms with van der Waals surface area (Å²) < 4.78 is 7.58. The Balaban J connectivity index is 1.79. The molecule has 0 unspecified atom stereocenters. The number of carboxylic acids is 1. The van der Waals surface area contributed by atoms with E-state index >= 15 is 0 Å². The number of Topliss-reactive ketones (excluding diaryl/α,β-unsaturated/α-hetero) is 1. The van der Waals surface area contributed by atoms with Gasteiger partial charge < -0.3 is 9.84 Å². The second-order valence-electron chi connectivity index (χ2n) is 10.5. The van der Waals surface area contributed by atoms with Gasteiger partial charge in [0.25, 0.3) is 0 Å². The van der Waals surface area contributed by atoms with Crippen molar-refractivity contribution in [2.24, 2.45) is 5.41 Å². The molecule has 4 nitrogen and oxygen atoms in total. The minimum atomic E-state index is -0.984. The van der Waals surface area contributed by atoms with Crippen molar-refractivity contribution in [1.29, 1.82) is 0 Å². The van der Waals surface area contributed by atoms with Crippen molar-refractivity contribution in [3.05, 3.63) is 89.5 Å². The number of hydrogen-bond acceptors (Lipinski definition) is 4. The first-order chi connectivity index (χ1) is 17.5. The molecule has 0 radical (unpaired) electrons. The SMILES string of the molecule is CC(C)c1ccccc1-c1sc2cc(CC(=O)C(C)(C)C)ccc2c1Oc1ccc(/C=C/C(=O)O)cc1. The molecule has 0 saturated carbocycles. The lowest BCUT2D eigenvalue weighted by molar-refractivity contribution is -0.131. The Morgan fingerprint density at radius 1 is 1.00 bits per heavy atom. The van der Waals surface area contributed by atoms with E-state index < -0.39 is 5.97 Å². The highest BCUT2D eigenvalue weighted by atomic mass is 32.1. The number of fused-ring (bicyclic) bond motifs is 1. The molecule has 37 heavy (non-hydrogen) atoms. The van der Waals surface area contributed by atoms with E-state index in [1.807, 2.05) is 57.2 Å². The number of carboxylic acid groups (broad SMARTS) is 1. The standard InChI is InChI=1S/C32H32O4S/c1-20(2)24-8-6-7-9-25(24)31-30(36-23-14-10-21(11-15-23)13-17-29(34)35)26-16-12-22(18-27(26)37-31)19-28(33)32(3,4)5/h6-18,20H,19H2,1-5H3,(H,34,35)/b17-13+. The average Bonchev–Trinajstić information content (AvgIpc) is 3.20. The van der Waals surface area contributed by atoms with Crippen LogP contribution in [0.4, 0.5) is 0 Å². The van der Waals surface area contributed by atoms with Crippen LogP contribution in [0.3, 0.4) is 0 Å². The van der Waals surface area contributed by atoms with E-state index in [4.69, 9.17) is 9.84 Å². The number of aliphatic carboxylic acids is 1. The number of ether oxygens (including phenoxy) is 1. The molecule has 4 aromatic rings. The number of rotatable bonds is 8. The van der Waals surface area contributed by atoms with Crippen molar-refractivity contribution >= 4 is 39.3 Å². The summed E-state index contributed by atoms with van der Waals surface area (Å²) in [4.78, 5) is 24.6. The van der Waals surface area contributed by atoms with Gasteiger partial charge in [0.15, 0.2) is 5.75 Å². The number of carbonyl (C=O) groups excluding carboxylic acids is 1. The van der Waals surface area contributed by atoms with Gasteiger partial charge in [-0.15, -0.1) is 11.3 Å². The summed E-state index contributed by atoms with van der Waals surface area (Å²) in [7, 11) is 0. The quantitative estimate of drug-likeness (QED) is 0.240. The van der Waals surface area contributed by atoms with E-state index in [2.05, 4.69) is 44.2 Å². The van der Waals surface area contributed by atoms with E-state index in [9.17, 15) is 9.59 Å². The molecule has 190 valence electrons. The molecule has 5 heteroatoms. The first kappa shape index (κ1) is 26.4. The molecule has 0 atom stereocenters. The van der Waals surface area contributed by atoms with Gasteiger partial charge >= 0.3 is 5.97 Å². The molecule has 0 amide bonds. The fourth-order valence-electron chi connectivity index (χ4n) is 4.10. The van der Waals surface area contributed by atoms with E-state index in [-0.39, 0.29) is 11.2 Å². The lowest BCUT2D eigenvalue weighted by Crippen LogP contribution is -2.21. The van der Waals surface area contributed by atoms with Crippen LogP contribution in [-0.4, -0.2) is 16.9 Å². The molecule has 0 aliphatic carbocycles. The minimum Gasteiger partial charge on any atom is -0.478 e. The number of thiophene rings is 1. The Morgan fingerprint density at radius 3 is 2.35 bits per heavy atom. The third kappa shape index (κ3) is 6.17. The molecular formula is C32H32O4S. The molecule has 0 bridgehead atoms. The Bertz CT molecular complexity index is 1470. The van der Waals surface area contributed by atoms with Gasteiger partial charge in [-0.05, 0) is 58.5 Å².